The first-order valence-corrected chi connectivity index (χ1v) is 6.09. The highest BCUT2D eigenvalue weighted by molar-refractivity contribution is 6.33. The third-order valence-electron chi connectivity index (χ3n) is 2.62. The molecule has 5 nitrogen and oxygen atoms in total. The van der Waals surface area contributed by atoms with E-state index in [2.05, 4.69) is 15.5 Å². The summed E-state index contributed by atoms with van der Waals surface area (Å²) in [6, 6.07) is 3.64. The number of halogens is 2. The largest absolute Gasteiger partial charge is 0.345 e. The van der Waals surface area contributed by atoms with E-state index in [1.54, 1.807) is 6.33 Å². The second-order valence-corrected chi connectivity index (χ2v) is 4.25. The smallest absolute Gasteiger partial charge is 0.253 e. The van der Waals surface area contributed by atoms with Crippen molar-refractivity contribution in [2.45, 2.75) is 20.0 Å². The number of aromatic nitrogens is 3. The summed E-state index contributed by atoms with van der Waals surface area (Å²) >= 11 is 5.81. The van der Waals surface area contributed by atoms with Gasteiger partial charge in [0.05, 0.1) is 17.1 Å². The molecule has 0 saturated carbocycles. The summed E-state index contributed by atoms with van der Waals surface area (Å²) in [5, 5.41) is 10.4. The van der Waals surface area contributed by atoms with Gasteiger partial charge < -0.3 is 9.88 Å². The molecule has 0 saturated heterocycles. The average molecular weight is 283 g/mol. The summed E-state index contributed by atoms with van der Waals surface area (Å²) in [6.45, 7) is 2.90. The lowest BCUT2D eigenvalue weighted by Crippen LogP contribution is -2.25. The highest BCUT2D eigenvalue weighted by Crippen LogP contribution is 2.17. The van der Waals surface area contributed by atoms with Gasteiger partial charge in [-0.2, -0.15) is 0 Å². The molecule has 0 unspecified atom stereocenters. The molecule has 0 spiro atoms. The van der Waals surface area contributed by atoms with E-state index in [0.29, 0.717) is 5.82 Å². The minimum atomic E-state index is -0.479. The van der Waals surface area contributed by atoms with E-state index in [1.807, 2.05) is 11.5 Å². The van der Waals surface area contributed by atoms with Crippen molar-refractivity contribution in [3.63, 3.8) is 0 Å². The maximum atomic E-state index is 12.9. The third kappa shape index (κ3) is 3.08. The zero-order chi connectivity index (χ0) is 13.8. The molecule has 2 rings (SSSR count). The van der Waals surface area contributed by atoms with Gasteiger partial charge in [-0.15, -0.1) is 10.2 Å². The maximum absolute atomic E-state index is 12.9. The van der Waals surface area contributed by atoms with Crippen molar-refractivity contribution in [1.29, 1.82) is 0 Å². The van der Waals surface area contributed by atoms with Crippen LogP contribution in [-0.4, -0.2) is 20.7 Å². The van der Waals surface area contributed by atoms with Gasteiger partial charge in [-0.05, 0) is 25.1 Å². The van der Waals surface area contributed by atoms with Gasteiger partial charge >= 0.3 is 0 Å². The minimum absolute atomic E-state index is 0.0782. The number of hydrogen-bond acceptors (Lipinski definition) is 3. The summed E-state index contributed by atoms with van der Waals surface area (Å²) in [7, 11) is 0. The molecule has 2 aromatic rings. The Balaban J connectivity index is 2.05. The SMILES string of the molecule is CCn1cnnc1CNC(=O)c1ccc(F)cc1Cl. The molecule has 1 amide bonds. The molecule has 0 aliphatic rings. The van der Waals surface area contributed by atoms with Crippen molar-refractivity contribution in [3.8, 4) is 0 Å². The van der Waals surface area contributed by atoms with Crippen molar-refractivity contribution in [2.24, 2.45) is 0 Å². The Labute approximate surface area is 114 Å². The number of carbonyl (C=O) groups excluding carboxylic acids is 1. The number of aryl methyl sites for hydroxylation is 1. The first-order chi connectivity index (χ1) is 9.11. The minimum Gasteiger partial charge on any atom is -0.345 e. The lowest BCUT2D eigenvalue weighted by molar-refractivity contribution is 0.0949. The van der Waals surface area contributed by atoms with E-state index in [9.17, 15) is 9.18 Å². The monoisotopic (exact) mass is 282 g/mol. The van der Waals surface area contributed by atoms with Gasteiger partial charge in [0.2, 0.25) is 0 Å². The second-order valence-electron chi connectivity index (χ2n) is 3.84. The predicted molar refractivity (Wildman–Crippen MR) is 68.3 cm³/mol. The first-order valence-electron chi connectivity index (χ1n) is 5.71. The van der Waals surface area contributed by atoms with Crippen LogP contribution in [0.3, 0.4) is 0 Å². The van der Waals surface area contributed by atoms with Crippen LogP contribution in [0.25, 0.3) is 0 Å². The molecule has 0 fully saturated rings. The quantitative estimate of drug-likeness (QED) is 0.933. The Kier molecular flexibility index (Phi) is 4.11. The number of amides is 1. The van der Waals surface area contributed by atoms with Gasteiger partial charge in [0.15, 0.2) is 5.82 Å². The Morgan fingerprint density at radius 1 is 1.53 bits per heavy atom. The topological polar surface area (TPSA) is 59.8 Å². The van der Waals surface area contributed by atoms with Gasteiger partial charge in [-0.25, -0.2) is 4.39 Å². The van der Waals surface area contributed by atoms with Gasteiger partial charge in [-0.3, -0.25) is 4.79 Å². The van der Waals surface area contributed by atoms with E-state index in [1.165, 1.54) is 12.1 Å². The first kappa shape index (κ1) is 13.5. The van der Waals surface area contributed by atoms with Crippen LogP contribution in [0.4, 0.5) is 4.39 Å². The molecule has 0 aliphatic carbocycles. The molecule has 1 N–H and O–H groups in total. The fourth-order valence-electron chi connectivity index (χ4n) is 1.61. The van der Waals surface area contributed by atoms with Crippen LogP contribution < -0.4 is 5.32 Å². The molecular weight excluding hydrogens is 271 g/mol. The predicted octanol–water partition coefficient (Wildman–Crippen LogP) is 2.02. The summed E-state index contributed by atoms with van der Waals surface area (Å²) < 4.78 is 14.7. The molecule has 100 valence electrons. The number of nitrogens with one attached hydrogen (secondary N) is 1. The number of rotatable bonds is 4. The van der Waals surface area contributed by atoms with Crippen LogP contribution in [-0.2, 0) is 13.1 Å². The Hall–Kier alpha value is -1.95. The van der Waals surface area contributed by atoms with Crippen LogP contribution in [0.2, 0.25) is 5.02 Å². The lowest BCUT2D eigenvalue weighted by Gasteiger charge is -2.07. The zero-order valence-corrected chi connectivity index (χ0v) is 11.0. The molecule has 0 bridgehead atoms. The van der Waals surface area contributed by atoms with E-state index >= 15 is 0 Å². The van der Waals surface area contributed by atoms with Crippen molar-refractivity contribution in [3.05, 3.63) is 46.8 Å². The van der Waals surface area contributed by atoms with Gasteiger partial charge in [0.1, 0.15) is 12.1 Å². The Morgan fingerprint density at radius 2 is 2.32 bits per heavy atom. The summed E-state index contributed by atoms with van der Waals surface area (Å²) in [5.74, 6) is -0.211. The number of hydrogen-bond donors (Lipinski definition) is 1. The number of carbonyl (C=O) groups is 1. The van der Waals surface area contributed by atoms with Crippen LogP contribution in [0.15, 0.2) is 24.5 Å². The fraction of sp³-hybridized carbons (Fsp3) is 0.250. The highest BCUT2D eigenvalue weighted by Gasteiger charge is 2.12. The van der Waals surface area contributed by atoms with E-state index in [4.69, 9.17) is 11.6 Å². The van der Waals surface area contributed by atoms with Gasteiger partial charge in [0.25, 0.3) is 5.91 Å². The van der Waals surface area contributed by atoms with E-state index in [-0.39, 0.29) is 23.0 Å². The molecule has 19 heavy (non-hydrogen) atoms. The summed E-state index contributed by atoms with van der Waals surface area (Å²) in [5.41, 5.74) is 0.227. The zero-order valence-electron chi connectivity index (χ0n) is 10.2. The summed E-state index contributed by atoms with van der Waals surface area (Å²) in [6.07, 6.45) is 1.59. The van der Waals surface area contributed by atoms with E-state index in [0.717, 1.165) is 12.6 Å². The van der Waals surface area contributed by atoms with Crippen LogP contribution in [0, 0.1) is 5.82 Å². The van der Waals surface area contributed by atoms with Crippen LogP contribution >= 0.6 is 11.6 Å². The number of nitrogens with zero attached hydrogens (tertiary/aromatic N) is 3. The van der Waals surface area contributed by atoms with E-state index < -0.39 is 5.82 Å². The van der Waals surface area contributed by atoms with Crippen molar-refractivity contribution in [2.75, 3.05) is 0 Å². The third-order valence-corrected chi connectivity index (χ3v) is 2.93. The van der Waals surface area contributed by atoms with Gasteiger partial charge in [0, 0.05) is 6.54 Å². The fourth-order valence-corrected chi connectivity index (χ4v) is 1.86. The normalized spacial score (nSPS) is 10.5. The molecule has 7 heteroatoms. The molecular formula is C12H12ClFN4O. The highest BCUT2D eigenvalue weighted by atomic mass is 35.5. The van der Waals surface area contributed by atoms with Crippen LogP contribution in [0.5, 0.6) is 0 Å². The lowest BCUT2D eigenvalue weighted by atomic mass is 10.2. The molecule has 0 atom stereocenters. The second kappa shape index (κ2) is 5.79. The Bertz CT molecular complexity index is 599. The van der Waals surface area contributed by atoms with Gasteiger partial charge in [-0.1, -0.05) is 11.6 Å². The molecule has 1 aromatic carbocycles. The van der Waals surface area contributed by atoms with Crippen molar-refractivity contribution < 1.29 is 9.18 Å². The van der Waals surface area contributed by atoms with Crippen molar-refractivity contribution in [1.82, 2.24) is 20.1 Å². The molecule has 0 radical (unpaired) electrons. The molecule has 0 aliphatic heterocycles. The molecule has 1 aromatic heterocycles. The average Bonchev–Trinajstić information content (AvgIpc) is 2.83. The Morgan fingerprint density at radius 3 is 3.00 bits per heavy atom. The van der Waals surface area contributed by atoms with Crippen molar-refractivity contribution >= 4 is 17.5 Å². The maximum Gasteiger partial charge on any atom is 0.253 e. The number of benzene rings is 1. The van der Waals surface area contributed by atoms with Crippen LogP contribution in [0.1, 0.15) is 23.1 Å². The molecule has 1 heterocycles. The standard InChI is InChI=1S/C12H12ClFN4O/c1-2-18-7-16-17-11(18)6-15-12(19)9-4-3-8(14)5-10(9)13/h3-5,7H,2,6H2,1H3,(H,15,19). The summed E-state index contributed by atoms with van der Waals surface area (Å²) in [4.78, 5) is 11.9.